The van der Waals surface area contributed by atoms with Crippen molar-refractivity contribution in [3.8, 4) is 0 Å². The van der Waals surface area contributed by atoms with Gasteiger partial charge in [0.25, 0.3) is 0 Å². The number of thiophene rings is 1. The molecule has 0 aliphatic heterocycles. The van der Waals surface area contributed by atoms with E-state index in [1.807, 2.05) is 37.3 Å². The number of esters is 1. The molecule has 1 N–H and O–H groups in total. The number of nitrogens with zero attached hydrogens (tertiary/aromatic N) is 1. The van der Waals surface area contributed by atoms with Gasteiger partial charge in [-0.3, -0.25) is 4.79 Å². The van der Waals surface area contributed by atoms with E-state index in [1.54, 1.807) is 6.92 Å². The summed E-state index contributed by atoms with van der Waals surface area (Å²) in [6, 6.07) is 9.55. The van der Waals surface area contributed by atoms with Crippen molar-refractivity contribution in [1.29, 1.82) is 0 Å². The fourth-order valence-corrected chi connectivity index (χ4v) is 4.51. The van der Waals surface area contributed by atoms with Crippen molar-refractivity contribution >= 4 is 49.2 Å². The molecule has 3 rings (SSSR count). The normalized spacial score (nSPS) is 10.8. The second-order valence-corrected chi connectivity index (χ2v) is 7.14. The van der Waals surface area contributed by atoms with Crippen molar-refractivity contribution in [2.75, 3.05) is 11.9 Å². The van der Waals surface area contributed by atoms with Crippen LogP contribution in [0.15, 0.2) is 30.3 Å². The van der Waals surface area contributed by atoms with Gasteiger partial charge in [0.05, 0.1) is 17.7 Å². The predicted octanol–water partition coefficient (Wildman–Crippen LogP) is 4.02. The Morgan fingerprint density at radius 2 is 1.96 bits per heavy atom. The molecule has 0 saturated carbocycles. The van der Waals surface area contributed by atoms with Crippen LogP contribution in [0.4, 0.5) is 5.13 Å². The summed E-state index contributed by atoms with van der Waals surface area (Å²) in [4.78, 5) is 29.7. The second-order valence-electron chi connectivity index (χ2n) is 5.14. The number of thiazole rings is 1. The highest BCUT2D eigenvalue weighted by molar-refractivity contribution is 7.30. The van der Waals surface area contributed by atoms with Crippen LogP contribution in [0, 0.1) is 6.92 Å². The van der Waals surface area contributed by atoms with E-state index < -0.39 is 0 Å². The van der Waals surface area contributed by atoms with Gasteiger partial charge in [0.1, 0.15) is 9.71 Å². The quantitative estimate of drug-likeness (QED) is 0.698. The Bertz CT molecular complexity index is 884. The Labute approximate surface area is 147 Å². The third-order valence-electron chi connectivity index (χ3n) is 3.39. The highest BCUT2D eigenvalue weighted by Gasteiger charge is 2.20. The minimum Gasteiger partial charge on any atom is -0.462 e. The van der Waals surface area contributed by atoms with Gasteiger partial charge in [-0.05, 0) is 25.0 Å². The molecule has 3 aromatic rings. The van der Waals surface area contributed by atoms with Crippen LogP contribution in [-0.4, -0.2) is 23.5 Å². The minimum absolute atomic E-state index is 0.106. The van der Waals surface area contributed by atoms with Crippen LogP contribution in [0.25, 0.3) is 9.53 Å². The zero-order valence-electron chi connectivity index (χ0n) is 13.3. The summed E-state index contributed by atoms with van der Waals surface area (Å²) in [5.41, 5.74) is 1.81. The van der Waals surface area contributed by atoms with Crippen molar-refractivity contribution in [2.45, 2.75) is 20.3 Å². The maximum atomic E-state index is 12.1. The van der Waals surface area contributed by atoms with Crippen molar-refractivity contribution in [3.63, 3.8) is 0 Å². The highest BCUT2D eigenvalue weighted by Crippen LogP contribution is 2.37. The molecule has 5 nitrogen and oxygen atoms in total. The van der Waals surface area contributed by atoms with Crippen molar-refractivity contribution in [1.82, 2.24) is 4.98 Å². The summed E-state index contributed by atoms with van der Waals surface area (Å²) in [7, 11) is 0. The molecule has 0 atom stereocenters. The number of benzene rings is 1. The maximum Gasteiger partial charge on any atom is 0.348 e. The van der Waals surface area contributed by atoms with Crippen LogP contribution in [0.3, 0.4) is 0 Å². The lowest BCUT2D eigenvalue weighted by Gasteiger charge is -2.02. The molecular formula is C17H16N2O3S2. The van der Waals surface area contributed by atoms with Crippen LogP contribution in [0.1, 0.15) is 27.7 Å². The SMILES string of the molecule is CCOC(=O)c1sc2nc(NC(=O)Cc3ccccc3)sc2c1C. The largest absolute Gasteiger partial charge is 0.462 e. The molecule has 0 aliphatic carbocycles. The van der Waals surface area contributed by atoms with Gasteiger partial charge in [-0.1, -0.05) is 41.7 Å². The van der Waals surface area contributed by atoms with E-state index in [0.29, 0.717) is 23.0 Å². The van der Waals surface area contributed by atoms with Gasteiger partial charge in [-0.2, -0.15) is 0 Å². The number of fused-ring (bicyclic) bond motifs is 1. The van der Waals surface area contributed by atoms with E-state index in [2.05, 4.69) is 10.3 Å². The van der Waals surface area contributed by atoms with E-state index in [9.17, 15) is 9.59 Å². The standard InChI is InChI=1S/C17H16N2O3S2/c1-3-22-16(21)14-10(2)13-15(23-14)19-17(24-13)18-12(20)9-11-7-5-4-6-8-11/h4-8H,3,9H2,1-2H3,(H,18,19,20). The third-order valence-corrected chi connectivity index (χ3v) is 5.78. The summed E-state index contributed by atoms with van der Waals surface area (Å²) in [5, 5.41) is 3.38. The Hall–Kier alpha value is -2.25. The van der Waals surface area contributed by atoms with Crippen LogP contribution in [0.2, 0.25) is 0 Å². The lowest BCUT2D eigenvalue weighted by Crippen LogP contribution is -2.14. The number of carbonyl (C=O) groups excluding carboxylic acids is 2. The molecule has 124 valence electrons. The van der Waals surface area contributed by atoms with Crippen molar-refractivity contribution in [3.05, 3.63) is 46.3 Å². The Kier molecular flexibility index (Phi) is 4.92. The van der Waals surface area contributed by atoms with Gasteiger partial charge in [-0.15, -0.1) is 11.3 Å². The number of aryl methyl sites for hydroxylation is 1. The van der Waals surface area contributed by atoms with Crippen molar-refractivity contribution < 1.29 is 14.3 Å². The van der Waals surface area contributed by atoms with Crippen LogP contribution >= 0.6 is 22.7 Å². The second kappa shape index (κ2) is 7.11. The number of rotatable bonds is 5. The number of hydrogen-bond acceptors (Lipinski definition) is 6. The van der Waals surface area contributed by atoms with Gasteiger partial charge in [-0.25, -0.2) is 9.78 Å². The monoisotopic (exact) mass is 360 g/mol. The van der Waals surface area contributed by atoms with Gasteiger partial charge in [0.15, 0.2) is 5.13 Å². The van der Waals surface area contributed by atoms with Gasteiger partial charge < -0.3 is 10.1 Å². The molecule has 0 unspecified atom stereocenters. The minimum atomic E-state index is -0.320. The van der Waals surface area contributed by atoms with Crippen LogP contribution in [0.5, 0.6) is 0 Å². The first-order valence-electron chi connectivity index (χ1n) is 7.49. The van der Waals surface area contributed by atoms with E-state index in [4.69, 9.17) is 4.74 Å². The molecule has 24 heavy (non-hydrogen) atoms. The lowest BCUT2D eigenvalue weighted by atomic mass is 10.1. The molecule has 0 radical (unpaired) electrons. The number of carbonyl (C=O) groups is 2. The predicted molar refractivity (Wildman–Crippen MR) is 97.0 cm³/mol. The number of amides is 1. The number of anilines is 1. The van der Waals surface area contributed by atoms with E-state index in [1.165, 1.54) is 22.7 Å². The zero-order chi connectivity index (χ0) is 17.1. The molecule has 0 bridgehead atoms. The van der Waals surface area contributed by atoms with E-state index in [0.717, 1.165) is 20.7 Å². The third kappa shape index (κ3) is 3.47. The van der Waals surface area contributed by atoms with Gasteiger partial charge in [0, 0.05) is 0 Å². The van der Waals surface area contributed by atoms with Gasteiger partial charge in [0.2, 0.25) is 5.91 Å². The first kappa shape index (κ1) is 16.6. The molecular weight excluding hydrogens is 344 g/mol. The molecule has 0 aliphatic rings. The number of hydrogen-bond donors (Lipinski definition) is 1. The molecule has 7 heteroatoms. The maximum absolute atomic E-state index is 12.1. The van der Waals surface area contributed by atoms with Crippen LogP contribution < -0.4 is 5.32 Å². The molecule has 1 aromatic carbocycles. The average Bonchev–Trinajstić information content (AvgIpc) is 3.07. The van der Waals surface area contributed by atoms with Crippen LogP contribution in [-0.2, 0) is 16.0 Å². The summed E-state index contributed by atoms with van der Waals surface area (Å²) >= 11 is 2.68. The first-order valence-corrected chi connectivity index (χ1v) is 9.12. The molecule has 0 fully saturated rings. The fraction of sp³-hybridized carbons (Fsp3) is 0.235. The zero-order valence-corrected chi connectivity index (χ0v) is 14.9. The summed E-state index contributed by atoms with van der Waals surface area (Å²) in [6.45, 7) is 4.00. The lowest BCUT2D eigenvalue weighted by molar-refractivity contribution is -0.115. The molecule has 0 saturated heterocycles. The van der Waals surface area contributed by atoms with E-state index in [-0.39, 0.29) is 11.9 Å². The number of nitrogens with one attached hydrogen (secondary N) is 1. The Morgan fingerprint density at radius 3 is 2.62 bits per heavy atom. The Morgan fingerprint density at radius 1 is 1.21 bits per heavy atom. The molecule has 2 aromatic heterocycles. The molecule has 0 spiro atoms. The number of ether oxygens (including phenoxy) is 1. The Balaban J connectivity index is 1.74. The summed E-state index contributed by atoms with van der Waals surface area (Å²) < 4.78 is 5.96. The molecule has 2 heterocycles. The highest BCUT2D eigenvalue weighted by atomic mass is 32.1. The fourth-order valence-electron chi connectivity index (χ4n) is 2.28. The topological polar surface area (TPSA) is 68.3 Å². The van der Waals surface area contributed by atoms with Gasteiger partial charge >= 0.3 is 5.97 Å². The number of aromatic nitrogens is 1. The molecule has 1 amide bonds. The summed E-state index contributed by atoms with van der Waals surface area (Å²) in [6.07, 6.45) is 0.307. The summed E-state index contributed by atoms with van der Waals surface area (Å²) in [5.74, 6) is -0.425. The van der Waals surface area contributed by atoms with E-state index >= 15 is 0 Å². The average molecular weight is 360 g/mol. The smallest absolute Gasteiger partial charge is 0.348 e. The van der Waals surface area contributed by atoms with Crippen molar-refractivity contribution in [2.24, 2.45) is 0 Å². The first-order chi connectivity index (χ1) is 11.6.